The monoisotopic (exact) mass is 238 g/mol. The van der Waals surface area contributed by atoms with E-state index < -0.39 is 5.60 Å². The zero-order chi connectivity index (χ0) is 12.3. The van der Waals surface area contributed by atoms with Crippen LogP contribution in [0.3, 0.4) is 0 Å². The first-order valence-electron chi connectivity index (χ1n) is 5.79. The van der Waals surface area contributed by atoms with Gasteiger partial charge in [0.1, 0.15) is 0 Å². The fourth-order valence-electron chi connectivity index (χ4n) is 2.19. The summed E-state index contributed by atoms with van der Waals surface area (Å²) in [7, 11) is 0. The van der Waals surface area contributed by atoms with Crippen molar-refractivity contribution in [3.63, 3.8) is 0 Å². The predicted octanol–water partition coefficient (Wildman–Crippen LogP) is 3.91. The third-order valence-corrected chi connectivity index (χ3v) is 4.06. The van der Waals surface area contributed by atoms with Gasteiger partial charge in [0, 0.05) is 4.90 Å². The number of hydrogen-bond acceptors (Lipinski definition) is 2. The van der Waals surface area contributed by atoms with Gasteiger partial charge in [-0.05, 0) is 35.8 Å². The van der Waals surface area contributed by atoms with E-state index in [2.05, 4.69) is 46.1 Å². The molecule has 16 heavy (non-hydrogen) atoms. The van der Waals surface area contributed by atoms with Crippen LogP contribution in [0.1, 0.15) is 33.3 Å². The topological polar surface area (TPSA) is 20.2 Å². The smallest absolute Gasteiger partial charge is 0.0942 e. The Morgan fingerprint density at radius 2 is 1.44 bits per heavy atom. The number of aliphatic hydroxyl groups is 1. The Hall–Kier alpha value is -0.470. The number of thioether (sulfide) groups is 1. The van der Waals surface area contributed by atoms with Crippen molar-refractivity contribution in [1.29, 1.82) is 0 Å². The van der Waals surface area contributed by atoms with Crippen LogP contribution in [-0.4, -0.2) is 11.4 Å². The molecule has 1 nitrogen and oxygen atoms in total. The van der Waals surface area contributed by atoms with Gasteiger partial charge in [-0.1, -0.05) is 39.8 Å². The van der Waals surface area contributed by atoms with Crippen LogP contribution in [0.5, 0.6) is 0 Å². The minimum Gasteiger partial charge on any atom is -0.385 e. The summed E-state index contributed by atoms with van der Waals surface area (Å²) in [5, 5.41) is 10.8. The molecule has 0 fully saturated rings. The molecule has 0 aliphatic heterocycles. The molecule has 2 heteroatoms. The van der Waals surface area contributed by atoms with Gasteiger partial charge in [0.25, 0.3) is 0 Å². The Balaban J connectivity index is 3.12. The van der Waals surface area contributed by atoms with E-state index in [0.29, 0.717) is 0 Å². The molecule has 1 N–H and O–H groups in total. The molecule has 0 saturated heterocycles. The summed E-state index contributed by atoms with van der Waals surface area (Å²) in [6.07, 6.45) is 2.06. The summed E-state index contributed by atoms with van der Waals surface area (Å²) in [5.41, 5.74) is 0.298. The zero-order valence-electron chi connectivity index (χ0n) is 10.8. The van der Waals surface area contributed by atoms with Gasteiger partial charge in [-0.15, -0.1) is 11.8 Å². The molecular weight excluding hydrogens is 216 g/mol. The minimum atomic E-state index is -0.725. The average molecular weight is 238 g/mol. The molecule has 0 amide bonds. The summed E-state index contributed by atoms with van der Waals surface area (Å²) < 4.78 is 0. The molecule has 0 atom stereocenters. The van der Waals surface area contributed by atoms with Crippen molar-refractivity contribution in [2.24, 2.45) is 11.8 Å². The highest BCUT2D eigenvalue weighted by atomic mass is 32.2. The number of benzene rings is 1. The molecule has 1 aromatic rings. The molecule has 90 valence electrons. The minimum absolute atomic E-state index is 0.215. The normalized spacial score (nSPS) is 12.5. The molecule has 0 saturated carbocycles. The molecule has 0 aliphatic rings. The second kappa shape index (κ2) is 5.24. The van der Waals surface area contributed by atoms with Gasteiger partial charge in [0.05, 0.1) is 5.60 Å². The largest absolute Gasteiger partial charge is 0.385 e. The lowest BCUT2D eigenvalue weighted by molar-refractivity contribution is -0.0531. The van der Waals surface area contributed by atoms with E-state index in [4.69, 9.17) is 0 Å². The van der Waals surface area contributed by atoms with Crippen molar-refractivity contribution >= 4 is 11.8 Å². The first-order chi connectivity index (χ1) is 7.42. The van der Waals surface area contributed by atoms with Crippen LogP contribution in [-0.2, 0) is 5.60 Å². The maximum Gasteiger partial charge on any atom is 0.0942 e. The molecule has 1 rings (SSSR count). The van der Waals surface area contributed by atoms with Gasteiger partial charge in [-0.2, -0.15) is 0 Å². The molecule has 0 bridgehead atoms. The van der Waals surface area contributed by atoms with Crippen LogP contribution in [0.15, 0.2) is 29.2 Å². The molecular formula is C14H22OS. The van der Waals surface area contributed by atoms with Crippen LogP contribution in [0.2, 0.25) is 0 Å². The van der Waals surface area contributed by atoms with E-state index in [9.17, 15) is 5.11 Å². The average Bonchev–Trinajstić information content (AvgIpc) is 2.27. The second-order valence-electron chi connectivity index (χ2n) is 4.86. The second-order valence-corrected chi connectivity index (χ2v) is 5.74. The van der Waals surface area contributed by atoms with Crippen LogP contribution < -0.4 is 0 Å². The Labute approximate surface area is 103 Å². The quantitative estimate of drug-likeness (QED) is 0.803. The number of rotatable bonds is 4. The molecule has 0 aliphatic carbocycles. The summed E-state index contributed by atoms with van der Waals surface area (Å²) in [4.78, 5) is 1.23. The van der Waals surface area contributed by atoms with E-state index in [0.717, 1.165) is 5.56 Å². The maximum atomic E-state index is 10.8. The van der Waals surface area contributed by atoms with Crippen LogP contribution >= 0.6 is 11.8 Å². The van der Waals surface area contributed by atoms with Gasteiger partial charge < -0.3 is 5.11 Å². The first-order valence-corrected chi connectivity index (χ1v) is 7.02. The van der Waals surface area contributed by atoms with E-state index in [1.807, 2.05) is 12.1 Å². The van der Waals surface area contributed by atoms with Crippen LogP contribution in [0.4, 0.5) is 0 Å². The third kappa shape index (κ3) is 2.44. The van der Waals surface area contributed by atoms with Crippen molar-refractivity contribution in [1.82, 2.24) is 0 Å². The molecule has 0 spiro atoms. The van der Waals surface area contributed by atoms with Gasteiger partial charge in [0.2, 0.25) is 0 Å². The van der Waals surface area contributed by atoms with Gasteiger partial charge in [0.15, 0.2) is 0 Å². The summed E-state index contributed by atoms with van der Waals surface area (Å²) in [5.74, 6) is 0.431. The van der Waals surface area contributed by atoms with Crippen molar-refractivity contribution in [3.05, 3.63) is 29.8 Å². The van der Waals surface area contributed by atoms with E-state index in [1.165, 1.54) is 4.90 Å². The highest BCUT2D eigenvalue weighted by molar-refractivity contribution is 7.98. The summed E-state index contributed by atoms with van der Waals surface area (Å²) >= 11 is 1.72. The maximum absolute atomic E-state index is 10.8. The standard InChI is InChI=1S/C14H22OS/c1-10(2)14(15,11(3)4)12-6-8-13(16-5)9-7-12/h6-11,15H,1-5H3. The van der Waals surface area contributed by atoms with Gasteiger partial charge in [-0.3, -0.25) is 0 Å². The predicted molar refractivity (Wildman–Crippen MR) is 71.8 cm³/mol. The van der Waals surface area contributed by atoms with E-state index >= 15 is 0 Å². The van der Waals surface area contributed by atoms with E-state index in [-0.39, 0.29) is 11.8 Å². The first kappa shape index (κ1) is 13.6. The Morgan fingerprint density at radius 3 is 1.75 bits per heavy atom. The molecule has 0 heterocycles. The highest BCUT2D eigenvalue weighted by Gasteiger charge is 2.36. The lowest BCUT2D eigenvalue weighted by Crippen LogP contribution is -2.37. The van der Waals surface area contributed by atoms with Crippen LogP contribution in [0.25, 0.3) is 0 Å². The van der Waals surface area contributed by atoms with Gasteiger partial charge >= 0.3 is 0 Å². The van der Waals surface area contributed by atoms with Gasteiger partial charge in [-0.25, -0.2) is 0 Å². The molecule has 0 unspecified atom stereocenters. The Bertz CT molecular complexity index is 319. The van der Waals surface area contributed by atoms with Crippen LogP contribution in [0, 0.1) is 11.8 Å². The highest BCUT2D eigenvalue weighted by Crippen LogP contribution is 2.37. The molecule has 1 aromatic carbocycles. The molecule has 0 radical (unpaired) electrons. The fraction of sp³-hybridized carbons (Fsp3) is 0.571. The summed E-state index contributed by atoms with van der Waals surface area (Å²) in [6.45, 7) is 8.29. The Morgan fingerprint density at radius 1 is 1.00 bits per heavy atom. The number of hydrogen-bond donors (Lipinski definition) is 1. The van der Waals surface area contributed by atoms with Crippen molar-refractivity contribution in [2.75, 3.05) is 6.26 Å². The summed E-state index contributed by atoms with van der Waals surface area (Å²) in [6, 6.07) is 8.25. The van der Waals surface area contributed by atoms with Crippen molar-refractivity contribution in [3.8, 4) is 0 Å². The SMILES string of the molecule is CSc1ccc(C(O)(C(C)C)C(C)C)cc1. The van der Waals surface area contributed by atoms with Crippen molar-refractivity contribution < 1.29 is 5.11 Å². The fourth-order valence-corrected chi connectivity index (χ4v) is 2.60. The zero-order valence-corrected chi connectivity index (χ0v) is 11.6. The third-order valence-electron chi connectivity index (χ3n) is 3.31. The lowest BCUT2D eigenvalue weighted by Gasteiger charge is -2.36. The molecule has 0 aromatic heterocycles. The van der Waals surface area contributed by atoms with E-state index in [1.54, 1.807) is 11.8 Å². The Kier molecular flexibility index (Phi) is 4.45. The lowest BCUT2D eigenvalue weighted by atomic mass is 9.75. The van der Waals surface area contributed by atoms with Crippen molar-refractivity contribution in [2.45, 2.75) is 38.2 Å².